The molecule has 88 valence electrons. The molecule has 0 N–H and O–H groups in total. The van der Waals surface area contributed by atoms with E-state index in [1.807, 2.05) is 13.8 Å². The summed E-state index contributed by atoms with van der Waals surface area (Å²) in [5.74, 6) is 0. The van der Waals surface area contributed by atoms with Gasteiger partial charge >= 0.3 is 0 Å². The van der Waals surface area contributed by atoms with Crippen LogP contribution in [-0.4, -0.2) is 47.8 Å². The maximum Gasteiger partial charge on any atom is 0.270 e. The lowest BCUT2D eigenvalue weighted by Crippen LogP contribution is -2.14. The Morgan fingerprint density at radius 2 is 1.29 bits per heavy atom. The molecule has 5 nitrogen and oxygen atoms in total. The van der Waals surface area contributed by atoms with Gasteiger partial charge in [-0.05, 0) is 13.8 Å². The van der Waals surface area contributed by atoms with E-state index in [1.165, 1.54) is 21.3 Å². The van der Waals surface area contributed by atoms with Crippen LogP contribution in [0.5, 0.6) is 0 Å². The summed E-state index contributed by atoms with van der Waals surface area (Å²) in [5, 5.41) is 0. The summed E-state index contributed by atoms with van der Waals surface area (Å²) in [6.45, 7) is 4.01. The van der Waals surface area contributed by atoms with Gasteiger partial charge in [-0.25, -0.2) is 0 Å². The van der Waals surface area contributed by atoms with E-state index in [0.29, 0.717) is 0 Å². The first-order chi connectivity index (χ1) is 6.65. The van der Waals surface area contributed by atoms with Gasteiger partial charge in [-0.1, -0.05) is 0 Å². The van der Waals surface area contributed by atoms with E-state index in [-0.39, 0.29) is 6.29 Å². The lowest BCUT2D eigenvalue weighted by molar-refractivity contribution is -0.252. The average molecular weight is 210 g/mol. The summed E-state index contributed by atoms with van der Waals surface area (Å²) in [5.41, 5.74) is 0. The molecule has 0 bridgehead atoms. The van der Waals surface area contributed by atoms with Crippen molar-refractivity contribution in [2.24, 2.45) is 0 Å². The first-order valence-electron chi connectivity index (χ1n) is 4.38. The van der Waals surface area contributed by atoms with Gasteiger partial charge in [0.1, 0.15) is 0 Å². The second kappa shape index (κ2) is 12.8. The Labute approximate surface area is 86.2 Å². The van der Waals surface area contributed by atoms with Crippen molar-refractivity contribution in [3.63, 3.8) is 0 Å². The van der Waals surface area contributed by atoms with Crippen LogP contribution in [0.4, 0.5) is 0 Å². The molecule has 0 aliphatic heterocycles. The number of hydrogen-bond acceptors (Lipinski definition) is 5. The Morgan fingerprint density at radius 1 is 0.857 bits per heavy atom. The van der Waals surface area contributed by atoms with Crippen molar-refractivity contribution in [1.82, 2.24) is 0 Å². The zero-order chi connectivity index (χ0) is 11.4. The third-order valence-electron chi connectivity index (χ3n) is 1.31. The molecule has 0 aromatic heterocycles. The van der Waals surface area contributed by atoms with E-state index in [2.05, 4.69) is 14.2 Å². The molecule has 0 rings (SSSR count). The van der Waals surface area contributed by atoms with E-state index in [1.54, 1.807) is 7.11 Å². The van der Waals surface area contributed by atoms with Crippen LogP contribution in [0.2, 0.25) is 0 Å². The molecule has 0 aromatic carbocycles. The standard InChI is InChI=1S/C5H12O2.C4H10O3/c1-4-7-5(2)6-3;1-5-4(6-2)7-3/h5H,4H2,1-3H3;4H,1-3H3. The smallest absolute Gasteiger partial charge is 0.270 e. The van der Waals surface area contributed by atoms with Gasteiger partial charge in [-0.3, -0.25) is 0 Å². The lowest BCUT2D eigenvalue weighted by atomic mass is 10.7. The normalized spacial score (nSPS) is 12.2. The highest BCUT2D eigenvalue weighted by Crippen LogP contribution is 1.87. The Hall–Kier alpha value is -0.200. The van der Waals surface area contributed by atoms with Gasteiger partial charge in [-0.15, -0.1) is 0 Å². The summed E-state index contributed by atoms with van der Waals surface area (Å²) in [7, 11) is 6.16. The molecular weight excluding hydrogens is 188 g/mol. The minimum Gasteiger partial charge on any atom is -0.356 e. The summed E-state index contributed by atoms with van der Waals surface area (Å²) < 4.78 is 23.5. The van der Waals surface area contributed by atoms with Crippen LogP contribution in [0.25, 0.3) is 0 Å². The Morgan fingerprint density at radius 3 is 1.36 bits per heavy atom. The van der Waals surface area contributed by atoms with Crippen molar-refractivity contribution in [3.05, 3.63) is 0 Å². The van der Waals surface area contributed by atoms with Gasteiger partial charge in [0.25, 0.3) is 6.48 Å². The molecule has 1 unspecified atom stereocenters. The highest BCUT2D eigenvalue weighted by atomic mass is 16.8. The summed E-state index contributed by atoms with van der Waals surface area (Å²) in [6.07, 6.45) is -0.0509. The number of ether oxygens (including phenoxy) is 5. The van der Waals surface area contributed by atoms with Gasteiger partial charge in [0.15, 0.2) is 6.29 Å². The van der Waals surface area contributed by atoms with Crippen molar-refractivity contribution >= 4 is 0 Å². The Bertz CT molecular complexity index is 89.7. The Kier molecular flexibility index (Phi) is 14.8. The van der Waals surface area contributed by atoms with Crippen LogP contribution < -0.4 is 0 Å². The fourth-order valence-electron chi connectivity index (χ4n) is 0.591. The van der Waals surface area contributed by atoms with E-state index >= 15 is 0 Å². The molecular formula is C9H22O5. The molecule has 0 saturated heterocycles. The van der Waals surface area contributed by atoms with Crippen LogP contribution in [-0.2, 0) is 23.7 Å². The fourth-order valence-corrected chi connectivity index (χ4v) is 0.591. The summed E-state index contributed by atoms with van der Waals surface area (Å²) in [6, 6.07) is 0. The van der Waals surface area contributed by atoms with Crippen molar-refractivity contribution < 1.29 is 23.7 Å². The topological polar surface area (TPSA) is 46.2 Å². The monoisotopic (exact) mass is 210 g/mol. The summed E-state index contributed by atoms with van der Waals surface area (Å²) >= 11 is 0. The molecule has 0 radical (unpaired) electrons. The largest absolute Gasteiger partial charge is 0.356 e. The van der Waals surface area contributed by atoms with Gasteiger partial charge < -0.3 is 23.7 Å². The predicted molar refractivity (Wildman–Crippen MR) is 52.9 cm³/mol. The molecule has 0 heterocycles. The van der Waals surface area contributed by atoms with Crippen LogP contribution in [0.3, 0.4) is 0 Å². The maximum atomic E-state index is 4.97. The molecule has 1 atom stereocenters. The number of methoxy groups -OCH3 is 4. The second-order valence-corrected chi connectivity index (χ2v) is 2.25. The highest BCUT2D eigenvalue weighted by Gasteiger charge is 1.96. The first-order valence-corrected chi connectivity index (χ1v) is 4.38. The lowest BCUT2D eigenvalue weighted by Gasteiger charge is -2.08. The van der Waals surface area contributed by atoms with Crippen molar-refractivity contribution in [3.8, 4) is 0 Å². The molecule has 0 amide bonds. The van der Waals surface area contributed by atoms with E-state index in [0.717, 1.165) is 6.61 Å². The van der Waals surface area contributed by atoms with E-state index in [4.69, 9.17) is 9.47 Å². The predicted octanol–water partition coefficient (Wildman–Crippen LogP) is 1.22. The van der Waals surface area contributed by atoms with Gasteiger partial charge in [0.05, 0.1) is 0 Å². The van der Waals surface area contributed by atoms with Crippen LogP contribution in [0.15, 0.2) is 0 Å². The van der Waals surface area contributed by atoms with Crippen LogP contribution in [0.1, 0.15) is 13.8 Å². The maximum absolute atomic E-state index is 4.97. The zero-order valence-electron chi connectivity index (χ0n) is 9.90. The quantitative estimate of drug-likeness (QED) is 0.617. The van der Waals surface area contributed by atoms with Crippen LogP contribution >= 0.6 is 0 Å². The van der Waals surface area contributed by atoms with Crippen molar-refractivity contribution in [2.75, 3.05) is 35.0 Å². The third-order valence-corrected chi connectivity index (χ3v) is 1.31. The van der Waals surface area contributed by atoms with Gasteiger partial charge in [0, 0.05) is 35.0 Å². The minimum atomic E-state index is -0.514. The Balaban J connectivity index is 0. The zero-order valence-corrected chi connectivity index (χ0v) is 9.90. The van der Waals surface area contributed by atoms with Crippen LogP contribution in [0, 0.1) is 0 Å². The molecule has 0 aromatic rings. The van der Waals surface area contributed by atoms with Crippen molar-refractivity contribution in [2.45, 2.75) is 26.6 Å². The van der Waals surface area contributed by atoms with Gasteiger partial charge in [0.2, 0.25) is 0 Å². The fraction of sp³-hybridized carbons (Fsp3) is 1.00. The second-order valence-electron chi connectivity index (χ2n) is 2.25. The average Bonchev–Trinajstić information content (AvgIpc) is 2.22. The summed E-state index contributed by atoms with van der Waals surface area (Å²) in [4.78, 5) is 0. The SMILES string of the molecule is CCOC(C)OC.COC(OC)OC. The molecule has 5 heteroatoms. The van der Waals surface area contributed by atoms with Crippen molar-refractivity contribution in [1.29, 1.82) is 0 Å². The molecule has 0 spiro atoms. The van der Waals surface area contributed by atoms with Gasteiger partial charge in [-0.2, -0.15) is 0 Å². The first kappa shape index (κ1) is 16.2. The molecule has 0 aliphatic carbocycles. The molecule has 14 heavy (non-hydrogen) atoms. The molecule has 0 saturated carbocycles. The van der Waals surface area contributed by atoms with E-state index < -0.39 is 6.48 Å². The molecule has 0 fully saturated rings. The third kappa shape index (κ3) is 11.8. The minimum absolute atomic E-state index is 0.0509. The highest BCUT2D eigenvalue weighted by molar-refractivity contribution is 4.22. The molecule has 0 aliphatic rings. The number of hydrogen-bond donors (Lipinski definition) is 0. The van der Waals surface area contributed by atoms with E-state index in [9.17, 15) is 0 Å². The number of rotatable bonds is 6.